The zero-order valence-electron chi connectivity index (χ0n) is 13.8. The van der Waals surface area contributed by atoms with Crippen LogP contribution in [0, 0.1) is 0 Å². The third-order valence-electron chi connectivity index (χ3n) is 3.88. The van der Waals surface area contributed by atoms with Crippen molar-refractivity contribution in [3.05, 3.63) is 52.3 Å². The van der Waals surface area contributed by atoms with Crippen LogP contribution in [0.25, 0.3) is 22.3 Å². The number of benzene rings is 2. The van der Waals surface area contributed by atoms with Gasteiger partial charge in [0.1, 0.15) is 0 Å². The van der Waals surface area contributed by atoms with Crippen molar-refractivity contribution in [3.8, 4) is 22.9 Å². The summed E-state index contributed by atoms with van der Waals surface area (Å²) in [5, 5.41) is 0.0957. The molecule has 0 bridgehead atoms. The van der Waals surface area contributed by atoms with Crippen LogP contribution in [0.2, 0.25) is 0 Å². The monoisotopic (exact) mass is 365 g/mol. The smallest absolute Gasteiger partial charge is 0.417 e. The summed E-state index contributed by atoms with van der Waals surface area (Å²) >= 11 is 0. The first kappa shape index (κ1) is 17.6. The predicted molar refractivity (Wildman–Crippen MR) is 89.7 cm³/mol. The lowest BCUT2D eigenvalue weighted by molar-refractivity contribution is -0.137. The van der Waals surface area contributed by atoms with Crippen LogP contribution in [0.3, 0.4) is 0 Å². The van der Waals surface area contributed by atoms with Gasteiger partial charge in [-0.1, -0.05) is 18.2 Å². The molecule has 0 spiro atoms. The summed E-state index contributed by atoms with van der Waals surface area (Å²) in [5.41, 5.74) is -1.80. The number of alkyl halides is 3. The summed E-state index contributed by atoms with van der Waals surface area (Å²) in [6, 6.07) is 7.57. The number of ether oxygens (including phenoxy) is 2. The van der Waals surface area contributed by atoms with E-state index < -0.39 is 17.3 Å². The predicted octanol–water partition coefficient (Wildman–Crippen LogP) is 2.81. The van der Waals surface area contributed by atoms with Crippen LogP contribution >= 0.6 is 0 Å². The molecule has 2 N–H and O–H groups in total. The Morgan fingerprint density at radius 1 is 1.08 bits per heavy atom. The van der Waals surface area contributed by atoms with Crippen molar-refractivity contribution in [1.29, 1.82) is 0 Å². The fourth-order valence-electron chi connectivity index (χ4n) is 2.64. The molecule has 0 unspecified atom stereocenters. The van der Waals surface area contributed by atoms with Crippen molar-refractivity contribution in [1.82, 2.24) is 9.66 Å². The summed E-state index contributed by atoms with van der Waals surface area (Å²) < 4.78 is 50.8. The number of nitrogen functional groups attached to an aromatic ring is 1. The first-order chi connectivity index (χ1) is 12.3. The van der Waals surface area contributed by atoms with E-state index in [1.165, 1.54) is 44.6 Å². The molecule has 6 nitrogen and oxygen atoms in total. The Kier molecular flexibility index (Phi) is 4.23. The van der Waals surface area contributed by atoms with Gasteiger partial charge in [-0.15, -0.1) is 0 Å². The van der Waals surface area contributed by atoms with E-state index in [1.807, 2.05) is 0 Å². The quantitative estimate of drug-likeness (QED) is 0.722. The van der Waals surface area contributed by atoms with Crippen LogP contribution in [-0.4, -0.2) is 23.9 Å². The zero-order valence-corrected chi connectivity index (χ0v) is 13.8. The number of hydrogen-bond donors (Lipinski definition) is 1. The number of rotatable bonds is 3. The van der Waals surface area contributed by atoms with Crippen LogP contribution in [0.15, 0.2) is 41.2 Å². The Bertz CT molecular complexity index is 1050. The lowest BCUT2D eigenvalue weighted by atomic mass is 10.1. The molecule has 9 heteroatoms. The molecule has 0 aliphatic rings. The normalized spacial score (nSPS) is 11.6. The van der Waals surface area contributed by atoms with Crippen molar-refractivity contribution in [2.45, 2.75) is 6.18 Å². The van der Waals surface area contributed by atoms with Gasteiger partial charge in [0.2, 0.25) is 0 Å². The summed E-state index contributed by atoms with van der Waals surface area (Å²) in [4.78, 5) is 16.7. The van der Waals surface area contributed by atoms with Gasteiger partial charge in [0.15, 0.2) is 17.3 Å². The molecule has 0 atom stereocenters. The standard InChI is InChI=1S/C17H14F3N3O3/c1-25-13-7-10-12(8-14(13)26-2)22-15(23(21)16(10)24)9-5-3-4-6-11(9)17(18,19)20/h3-8H,21H2,1-2H3. The molecule has 0 aliphatic heterocycles. The first-order valence-corrected chi connectivity index (χ1v) is 7.38. The van der Waals surface area contributed by atoms with Gasteiger partial charge in [-0.25, -0.2) is 9.66 Å². The van der Waals surface area contributed by atoms with Gasteiger partial charge < -0.3 is 15.3 Å². The molecule has 0 radical (unpaired) electrons. The molecule has 0 amide bonds. The Morgan fingerprint density at radius 2 is 1.69 bits per heavy atom. The molecule has 26 heavy (non-hydrogen) atoms. The third kappa shape index (κ3) is 2.81. The van der Waals surface area contributed by atoms with E-state index in [2.05, 4.69) is 4.98 Å². The molecule has 0 fully saturated rings. The molecule has 3 rings (SSSR count). The molecule has 0 aliphatic carbocycles. The molecule has 3 aromatic rings. The van der Waals surface area contributed by atoms with Crippen molar-refractivity contribution in [2.75, 3.05) is 20.1 Å². The van der Waals surface area contributed by atoms with E-state index in [9.17, 15) is 18.0 Å². The second-order valence-electron chi connectivity index (χ2n) is 5.38. The maximum atomic E-state index is 13.3. The van der Waals surface area contributed by atoms with Crippen LogP contribution in [0.1, 0.15) is 5.56 Å². The average molecular weight is 365 g/mol. The minimum atomic E-state index is -4.62. The number of aromatic nitrogens is 2. The van der Waals surface area contributed by atoms with E-state index in [4.69, 9.17) is 15.3 Å². The highest BCUT2D eigenvalue weighted by Crippen LogP contribution is 2.36. The van der Waals surface area contributed by atoms with Crippen LogP contribution in [-0.2, 0) is 6.18 Å². The highest BCUT2D eigenvalue weighted by molar-refractivity contribution is 5.84. The molecule has 0 saturated carbocycles. The SMILES string of the molecule is COc1cc2nc(-c3ccccc3C(F)(F)F)n(N)c(=O)c2cc1OC. The largest absolute Gasteiger partial charge is 0.493 e. The first-order valence-electron chi connectivity index (χ1n) is 7.38. The zero-order chi connectivity index (χ0) is 19.1. The highest BCUT2D eigenvalue weighted by Gasteiger charge is 2.34. The minimum absolute atomic E-state index is 0.0957. The van der Waals surface area contributed by atoms with E-state index in [0.717, 1.165) is 6.07 Å². The fraction of sp³-hybridized carbons (Fsp3) is 0.176. The van der Waals surface area contributed by atoms with E-state index >= 15 is 0 Å². The fourth-order valence-corrected chi connectivity index (χ4v) is 2.64. The summed E-state index contributed by atoms with van der Waals surface area (Å²) in [7, 11) is 2.79. The van der Waals surface area contributed by atoms with Crippen molar-refractivity contribution in [3.63, 3.8) is 0 Å². The molecule has 1 heterocycles. The molecular formula is C17H14F3N3O3. The van der Waals surface area contributed by atoms with Gasteiger partial charge in [0, 0.05) is 11.6 Å². The maximum Gasteiger partial charge on any atom is 0.417 e. The van der Waals surface area contributed by atoms with Gasteiger partial charge in [-0.3, -0.25) is 4.79 Å². The third-order valence-corrected chi connectivity index (χ3v) is 3.88. The maximum absolute atomic E-state index is 13.3. The second kappa shape index (κ2) is 6.25. The molecular weight excluding hydrogens is 351 g/mol. The second-order valence-corrected chi connectivity index (χ2v) is 5.38. The van der Waals surface area contributed by atoms with Crippen molar-refractivity contribution >= 4 is 10.9 Å². The summed E-state index contributed by atoms with van der Waals surface area (Å²) in [6.45, 7) is 0. The van der Waals surface area contributed by atoms with Gasteiger partial charge in [-0.2, -0.15) is 13.2 Å². The number of halogens is 3. The highest BCUT2D eigenvalue weighted by atomic mass is 19.4. The van der Waals surface area contributed by atoms with Crippen molar-refractivity contribution < 1.29 is 22.6 Å². The van der Waals surface area contributed by atoms with Gasteiger partial charge in [-0.05, 0) is 12.1 Å². The summed E-state index contributed by atoms with van der Waals surface area (Å²) in [6.07, 6.45) is -4.62. The van der Waals surface area contributed by atoms with Gasteiger partial charge >= 0.3 is 6.18 Å². The number of nitrogens with zero attached hydrogens (tertiary/aromatic N) is 2. The lowest BCUT2D eigenvalue weighted by Gasteiger charge is -2.15. The van der Waals surface area contributed by atoms with Crippen molar-refractivity contribution in [2.24, 2.45) is 0 Å². The lowest BCUT2D eigenvalue weighted by Crippen LogP contribution is -2.30. The number of methoxy groups -OCH3 is 2. The van der Waals surface area contributed by atoms with Crippen LogP contribution < -0.4 is 20.9 Å². The molecule has 2 aromatic carbocycles. The molecule has 1 aromatic heterocycles. The molecule has 136 valence electrons. The van der Waals surface area contributed by atoms with Gasteiger partial charge in [0.25, 0.3) is 5.56 Å². The summed E-state index contributed by atoms with van der Waals surface area (Å²) in [5.74, 6) is 6.02. The average Bonchev–Trinajstić information content (AvgIpc) is 2.63. The number of hydrogen-bond acceptors (Lipinski definition) is 5. The Labute approximate surface area is 145 Å². The van der Waals surface area contributed by atoms with E-state index in [0.29, 0.717) is 4.68 Å². The van der Waals surface area contributed by atoms with E-state index in [-0.39, 0.29) is 33.8 Å². The Balaban J connectivity index is 2.37. The van der Waals surface area contributed by atoms with Crippen LogP contribution in [0.4, 0.5) is 13.2 Å². The van der Waals surface area contributed by atoms with Crippen LogP contribution in [0.5, 0.6) is 11.5 Å². The topological polar surface area (TPSA) is 79.4 Å². The Hall–Kier alpha value is -3.23. The Morgan fingerprint density at radius 3 is 2.31 bits per heavy atom. The molecule has 0 saturated heterocycles. The minimum Gasteiger partial charge on any atom is -0.493 e. The van der Waals surface area contributed by atoms with E-state index in [1.54, 1.807) is 0 Å². The number of nitrogens with two attached hydrogens (primary N) is 1. The number of fused-ring (bicyclic) bond motifs is 1. The van der Waals surface area contributed by atoms with Gasteiger partial charge in [0.05, 0.1) is 30.7 Å².